The van der Waals surface area contributed by atoms with Crippen molar-refractivity contribution in [1.82, 2.24) is 9.97 Å². The molecule has 0 spiro atoms. The maximum absolute atomic E-state index is 11.9. The maximum atomic E-state index is 11.9. The smallest absolute Gasteiger partial charge is 0.320 e. The summed E-state index contributed by atoms with van der Waals surface area (Å²) < 4.78 is 22.8. The molecule has 20 heavy (non-hydrogen) atoms. The maximum Gasteiger partial charge on any atom is 0.323 e. The van der Waals surface area contributed by atoms with E-state index in [4.69, 9.17) is 5.14 Å². The molecule has 5 N–H and O–H groups in total. The fourth-order valence-corrected chi connectivity index (χ4v) is 2.51. The second-order valence-corrected chi connectivity index (χ2v) is 5.61. The molecule has 1 aromatic heterocycles. The van der Waals surface area contributed by atoms with Crippen LogP contribution >= 0.6 is 0 Å². The van der Waals surface area contributed by atoms with Gasteiger partial charge < -0.3 is 15.3 Å². The number of sulfonamides is 1. The fourth-order valence-electron chi connectivity index (χ4n) is 1.70. The molecule has 1 amide bonds. The van der Waals surface area contributed by atoms with Crippen LogP contribution in [0.15, 0.2) is 34.1 Å². The summed E-state index contributed by atoms with van der Waals surface area (Å²) in [5.74, 6) is -0.571. The highest BCUT2D eigenvalue weighted by Crippen LogP contribution is 2.22. The van der Waals surface area contributed by atoms with Crippen LogP contribution in [-0.4, -0.2) is 24.3 Å². The standard InChI is InChI=1S/C11H12N4O4S/c1-6-7(3-2-4-9(6)20(12,18)19)14-10(16)8-5-13-11(17)15-8/h2-5H,1H3,(H,14,16)(H2,12,18,19)(H2,13,15,17). The average molecular weight is 296 g/mol. The van der Waals surface area contributed by atoms with Gasteiger partial charge in [0.15, 0.2) is 0 Å². The van der Waals surface area contributed by atoms with Crippen LogP contribution in [0.5, 0.6) is 0 Å². The second kappa shape index (κ2) is 4.94. The van der Waals surface area contributed by atoms with Gasteiger partial charge in [-0.3, -0.25) is 4.79 Å². The van der Waals surface area contributed by atoms with Crippen molar-refractivity contribution in [2.75, 3.05) is 5.32 Å². The molecule has 0 unspecified atom stereocenters. The van der Waals surface area contributed by atoms with Crippen molar-refractivity contribution in [3.05, 3.63) is 46.1 Å². The van der Waals surface area contributed by atoms with E-state index in [0.29, 0.717) is 11.3 Å². The van der Waals surface area contributed by atoms with E-state index in [1.807, 2.05) is 0 Å². The van der Waals surface area contributed by atoms with Gasteiger partial charge in [0.25, 0.3) is 5.91 Å². The first-order valence-corrected chi connectivity index (χ1v) is 7.05. The van der Waals surface area contributed by atoms with E-state index in [9.17, 15) is 18.0 Å². The minimum atomic E-state index is -3.87. The number of amides is 1. The highest BCUT2D eigenvalue weighted by molar-refractivity contribution is 7.89. The number of aromatic nitrogens is 2. The number of primary sulfonamides is 1. The average Bonchev–Trinajstić information content (AvgIpc) is 2.77. The number of carbonyl (C=O) groups excluding carboxylic acids is 1. The summed E-state index contributed by atoms with van der Waals surface area (Å²) in [6.45, 7) is 1.52. The molecule has 1 aromatic carbocycles. The number of aromatic amines is 2. The first-order chi connectivity index (χ1) is 9.29. The topological polar surface area (TPSA) is 138 Å². The molecule has 0 aliphatic carbocycles. The molecule has 0 fully saturated rings. The van der Waals surface area contributed by atoms with Crippen molar-refractivity contribution in [3.63, 3.8) is 0 Å². The van der Waals surface area contributed by atoms with Gasteiger partial charge in [0.2, 0.25) is 10.0 Å². The summed E-state index contributed by atoms with van der Waals surface area (Å²) in [5, 5.41) is 7.58. The second-order valence-electron chi connectivity index (χ2n) is 4.08. The molecular weight excluding hydrogens is 284 g/mol. The van der Waals surface area contributed by atoms with Crippen LogP contribution in [0.3, 0.4) is 0 Å². The van der Waals surface area contributed by atoms with Crippen LogP contribution in [-0.2, 0) is 10.0 Å². The number of carbonyl (C=O) groups is 1. The summed E-state index contributed by atoms with van der Waals surface area (Å²) in [7, 11) is -3.87. The zero-order chi connectivity index (χ0) is 14.9. The molecule has 0 atom stereocenters. The number of benzene rings is 1. The zero-order valence-electron chi connectivity index (χ0n) is 10.4. The minimum absolute atomic E-state index is 0.0374. The van der Waals surface area contributed by atoms with Gasteiger partial charge in [-0.15, -0.1) is 0 Å². The van der Waals surface area contributed by atoms with Crippen LogP contribution in [0, 0.1) is 6.92 Å². The summed E-state index contributed by atoms with van der Waals surface area (Å²) in [5.41, 5.74) is 0.144. The molecule has 0 saturated heterocycles. The van der Waals surface area contributed by atoms with Gasteiger partial charge in [-0.25, -0.2) is 18.4 Å². The molecule has 9 heteroatoms. The van der Waals surface area contributed by atoms with E-state index in [0.717, 1.165) is 0 Å². The van der Waals surface area contributed by atoms with Crippen molar-refractivity contribution in [3.8, 4) is 0 Å². The molecule has 8 nitrogen and oxygen atoms in total. The Morgan fingerprint density at radius 1 is 1.35 bits per heavy atom. The van der Waals surface area contributed by atoms with Gasteiger partial charge in [0.05, 0.1) is 4.90 Å². The quantitative estimate of drug-likeness (QED) is 0.628. The Kier molecular flexibility index (Phi) is 3.47. The van der Waals surface area contributed by atoms with Crippen LogP contribution < -0.4 is 16.1 Å². The van der Waals surface area contributed by atoms with E-state index < -0.39 is 21.6 Å². The molecule has 2 aromatic rings. The molecule has 0 aliphatic heterocycles. The number of hydrogen-bond acceptors (Lipinski definition) is 4. The SMILES string of the molecule is Cc1c(NC(=O)c2c[nH]c(=O)[nH]2)cccc1S(N)(=O)=O. The molecule has 0 radical (unpaired) electrons. The van der Waals surface area contributed by atoms with Gasteiger partial charge in [0, 0.05) is 11.9 Å². The zero-order valence-corrected chi connectivity index (χ0v) is 11.2. The Morgan fingerprint density at radius 3 is 2.60 bits per heavy atom. The summed E-state index contributed by atoms with van der Waals surface area (Å²) in [4.78, 5) is 27.3. The predicted molar refractivity (Wildman–Crippen MR) is 71.9 cm³/mol. The van der Waals surface area contributed by atoms with Crippen molar-refractivity contribution in [2.24, 2.45) is 5.14 Å². The third kappa shape index (κ3) is 2.78. The lowest BCUT2D eigenvalue weighted by atomic mass is 10.2. The van der Waals surface area contributed by atoms with Gasteiger partial charge in [-0.05, 0) is 24.6 Å². The van der Waals surface area contributed by atoms with Gasteiger partial charge >= 0.3 is 5.69 Å². The Balaban J connectivity index is 2.36. The van der Waals surface area contributed by atoms with E-state index in [-0.39, 0.29) is 10.6 Å². The molecule has 2 rings (SSSR count). The molecular formula is C11H12N4O4S. The highest BCUT2D eigenvalue weighted by Gasteiger charge is 2.16. The number of nitrogens with two attached hydrogens (primary N) is 1. The van der Waals surface area contributed by atoms with Gasteiger partial charge in [0.1, 0.15) is 5.69 Å². The van der Waals surface area contributed by atoms with E-state index in [1.54, 1.807) is 0 Å². The van der Waals surface area contributed by atoms with Crippen LogP contribution in [0.25, 0.3) is 0 Å². The number of hydrogen-bond donors (Lipinski definition) is 4. The lowest BCUT2D eigenvalue weighted by Crippen LogP contribution is -2.17. The fraction of sp³-hybridized carbons (Fsp3) is 0.0909. The molecule has 106 valence electrons. The molecule has 0 bridgehead atoms. The van der Waals surface area contributed by atoms with Crippen molar-refractivity contribution < 1.29 is 13.2 Å². The molecule has 1 heterocycles. The highest BCUT2D eigenvalue weighted by atomic mass is 32.2. The number of anilines is 1. The van der Waals surface area contributed by atoms with Crippen LogP contribution in [0.1, 0.15) is 16.1 Å². The minimum Gasteiger partial charge on any atom is -0.320 e. The summed E-state index contributed by atoms with van der Waals surface area (Å²) >= 11 is 0. The van der Waals surface area contributed by atoms with Crippen molar-refractivity contribution in [2.45, 2.75) is 11.8 Å². The molecule has 0 aliphatic rings. The predicted octanol–water partition coefficient (Wildman–Crippen LogP) is -0.0889. The van der Waals surface area contributed by atoms with Crippen molar-refractivity contribution >= 4 is 21.6 Å². The largest absolute Gasteiger partial charge is 0.323 e. The van der Waals surface area contributed by atoms with E-state index >= 15 is 0 Å². The van der Waals surface area contributed by atoms with Gasteiger partial charge in [-0.1, -0.05) is 6.07 Å². The third-order valence-corrected chi connectivity index (χ3v) is 3.73. The normalized spacial score (nSPS) is 11.3. The first-order valence-electron chi connectivity index (χ1n) is 5.50. The van der Waals surface area contributed by atoms with Crippen LogP contribution in [0.4, 0.5) is 5.69 Å². The van der Waals surface area contributed by atoms with Crippen molar-refractivity contribution in [1.29, 1.82) is 0 Å². The Labute approximate surface area is 114 Å². The lowest BCUT2D eigenvalue weighted by molar-refractivity contribution is 0.102. The number of rotatable bonds is 3. The number of nitrogens with one attached hydrogen (secondary N) is 3. The third-order valence-electron chi connectivity index (χ3n) is 2.68. The Morgan fingerprint density at radius 2 is 2.05 bits per heavy atom. The molecule has 0 saturated carbocycles. The Hall–Kier alpha value is -2.39. The van der Waals surface area contributed by atoms with E-state index in [1.165, 1.54) is 31.3 Å². The monoisotopic (exact) mass is 296 g/mol. The van der Waals surface area contributed by atoms with E-state index in [2.05, 4.69) is 15.3 Å². The summed E-state index contributed by atoms with van der Waals surface area (Å²) in [6.07, 6.45) is 1.22. The number of imidazole rings is 1. The Bertz CT molecular complexity index is 819. The summed E-state index contributed by atoms with van der Waals surface area (Å²) in [6, 6.07) is 4.34. The van der Waals surface area contributed by atoms with Gasteiger partial charge in [-0.2, -0.15) is 0 Å². The van der Waals surface area contributed by atoms with Crippen LogP contribution in [0.2, 0.25) is 0 Å². The first kappa shape index (κ1) is 14.0. The number of H-pyrrole nitrogens is 2. The lowest BCUT2D eigenvalue weighted by Gasteiger charge is -2.10.